The van der Waals surface area contributed by atoms with E-state index < -0.39 is 11.3 Å². The number of aryl methyl sites for hydroxylation is 3. The molecular formula is C26H30N4O2S. The summed E-state index contributed by atoms with van der Waals surface area (Å²) in [6.07, 6.45) is 2.17. The molecule has 0 aromatic heterocycles. The fraction of sp³-hybridized carbons (Fsp3) is 0.385. The largest absolute Gasteiger partial charge is 0.325 e. The number of para-hydroxylation sites is 1. The van der Waals surface area contributed by atoms with Gasteiger partial charge in [-0.05, 0) is 56.9 Å². The summed E-state index contributed by atoms with van der Waals surface area (Å²) in [5.41, 5.74) is 5.73. The van der Waals surface area contributed by atoms with Gasteiger partial charge >= 0.3 is 0 Å². The minimum absolute atomic E-state index is 0.0620. The molecule has 1 N–H and O–H groups in total. The smallest absolute Gasteiger partial charge is 0.259 e. The van der Waals surface area contributed by atoms with Crippen molar-refractivity contribution >= 4 is 46.0 Å². The minimum atomic E-state index is -0.395. The zero-order chi connectivity index (χ0) is 23.7. The minimum Gasteiger partial charge on any atom is -0.325 e. The number of benzene rings is 2. The Morgan fingerprint density at radius 3 is 2.52 bits per heavy atom. The Morgan fingerprint density at radius 2 is 1.85 bits per heavy atom. The molecule has 2 atom stereocenters. The Hall–Kier alpha value is -2.93. The number of hydrogen-bond donors (Lipinski definition) is 1. The van der Waals surface area contributed by atoms with Gasteiger partial charge in [-0.3, -0.25) is 14.6 Å². The van der Waals surface area contributed by atoms with Crippen LogP contribution >= 0.6 is 11.8 Å². The highest BCUT2D eigenvalue weighted by Gasteiger charge is 2.42. The van der Waals surface area contributed by atoms with Crippen LogP contribution in [0.15, 0.2) is 46.4 Å². The molecular weight excluding hydrogens is 432 g/mol. The van der Waals surface area contributed by atoms with Gasteiger partial charge in [-0.1, -0.05) is 61.9 Å². The fourth-order valence-electron chi connectivity index (χ4n) is 4.37. The topological polar surface area (TPSA) is 74.1 Å². The first-order valence-electron chi connectivity index (χ1n) is 11.5. The fourth-order valence-corrected chi connectivity index (χ4v) is 5.39. The average Bonchev–Trinajstić information content (AvgIpc) is 3.11. The van der Waals surface area contributed by atoms with Crippen molar-refractivity contribution in [3.8, 4) is 0 Å². The van der Waals surface area contributed by atoms with Gasteiger partial charge in [0.15, 0.2) is 5.17 Å². The van der Waals surface area contributed by atoms with E-state index in [1.807, 2.05) is 52.0 Å². The van der Waals surface area contributed by atoms with Crippen molar-refractivity contribution in [3.63, 3.8) is 0 Å². The highest BCUT2D eigenvalue weighted by Crippen LogP contribution is 2.36. The van der Waals surface area contributed by atoms with Crippen molar-refractivity contribution in [1.29, 1.82) is 0 Å². The van der Waals surface area contributed by atoms with Crippen LogP contribution in [-0.2, 0) is 9.59 Å². The molecule has 2 aliphatic heterocycles. The Labute approximate surface area is 199 Å². The van der Waals surface area contributed by atoms with Crippen molar-refractivity contribution < 1.29 is 9.59 Å². The van der Waals surface area contributed by atoms with Crippen LogP contribution in [0.2, 0.25) is 0 Å². The van der Waals surface area contributed by atoms with Gasteiger partial charge in [0.25, 0.3) is 5.91 Å². The number of carbonyl (C=O) groups excluding carboxylic acids is 2. The lowest BCUT2D eigenvalue weighted by atomic mass is 10.0. The molecule has 2 aromatic carbocycles. The summed E-state index contributed by atoms with van der Waals surface area (Å²) in [4.78, 5) is 37.6. The molecule has 0 saturated carbocycles. The van der Waals surface area contributed by atoms with Crippen molar-refractivity contribution in [2.24, 2.45) is 9.98 Å². The zero-order valence-corrected chi connectivity index (χ0v) is 20.6. The number of aliphatic imine (C=N–C) groups is 2. The summed E-state index contributed by atoms with van der Waals surface area (Å²) in [6.45, 7) is 10.1. The van der Waals surface area contributed by atoms with Crippen LogP contribution < -0.4 is 5.32 Å². The molecule has 6 nitrogen and oxygen atoms in total. The molecule has 0 aliphatic carbocycles. The van der Waals surface area contributed by atoms with E-state index in [-0.39, 0.29) is 11.8 Å². The second-order valence-electron chi connectivity index (χ2n) is 8.62. The number of rotatable bonds is 6. The van der Waals surface area contributed by atoms with Crippen LogP contribution in [0.4, 0.5) is 11.4 Å². The molecule has 2 heterocycles. The SMILES string of the molecule is CCC[C@H]1N=C2c3ccccc3N=C(S[C@H](CC)C(=O)Nc3c(C)cc(C)cc3C)N2C1=O. The van der Waals surface area contributed by atoms with Gasteiger partial charge in [0.05, 0.1) is 10.9 Å². The summed E-state index contributed by atoms with van der Waals surface area (Å²) in [5.74, 6) is 0.495. The van der Waals surface area contributed by atoms with E-state index in [9.17, 15) is 9.59 Å². The molecule has 2 aliphatic rings. The van der Waals surface area contributed by atoms with Crippen LogP contribution in [-0.4, -0.2) is 39.0 Å². The third-order valence-electron chi connectivity index (χ3n) is 5.95. The molecule has 7 heteroatoms. The molecule has 0 unspecified atom stereocenters. The Morgan fingerprint density at radius 1 is 1.15 bits per heavy atom. The number of thioether (sulfide) groups is 1. The molecule has 0 radical (unpaired) electrons. The predicted octanol–water partition coefficient (Wildman–Crippen LogP) is 5.52. The third-order valence-corrected chi connectivity index (χ3v) is 7.26. The van der Waals surface area contributed by atoms with Gasteiger partial charge < -0.3 is 5.32 Å². The number of carbonyl (C=O) groups is 2. The monoisotopic (exact) mass is 462 g/mol. The van der Waals surface area contributed by atoms with E-state index in [1.54, 1.807) is 4.90 Å². The van der Waals surface area contributed by atoms with Crippen molar-refractivity contribution in [3.05, 3.63) is 58.7 Å². The highest BCUT2D eigenvalue weighted by molar-refractivity contribution is 8.15. The lowest BCUT2D eigenvalue weighted by molar-refractivity contribution is -0.124. The van der Waals surface area contributed by atoms with E-state index >= 15 is 0 Å². The summed E-state index contributed by atoms with van der Waals surface area (Å²) >= 11 is 1.33. The summed E-state index contributed by atoms with van der Waals surface area (Å²) in [6, 6.07) is 11.5. The van der Waals surface area contributed by atoms with Gasteiger partial charge in [0.2, 0.25) is 5.91 Å². The standard InChI is InChI=1S/C26H30N4O2S/c1-6-10-20-25(32)30-23(27-20)18-11-8-9-12-19(18)28-26(30)33-21(7-2)24(31)29-22-16(4)13-15(3)14-17(22)5/h8-9,11-14,20-21H,6-7,10H2,1-5H3,(H,29,31)/t20-,21-/m1/s1. The van der Waals surface area contributed by atoms with Crippen LogP contribution in [0, 0.1) is 20.8 Å². The van der Waals surface area contributed by atoms with Crippen LogP contribution in [0.25, 0.3) is 0 Å². The number of fused-ring (bicyclic) bond motifs is 3. The van der Waals surface area contributed by atoms with E-state index in [2.05, 4.69) is 24.4 Å². The van der Waals surface area contributed by atoms with E-state index in [0.717, 1.165) is 34.5 Å². The first-order chi connectivity index (χ1) is 15.8. The van der Waals surface area contributed by atoms with Gasteiger partial charge in [0, 0.05) is 11.3 Å². The number of nitrogens with zero attached hydrogens (tertiary/aromatic N) is 3. The molecule has 2 amide bonds. The van der Waals surface area contributed by atoms with Crippen molar-refractivity contribution in [2.45, 2.75) is 65.2 Å². The maximum Gasteiger partial charge on any atom is 0.259 e. The number of amides is 2. The summed E-state index contributed by atoms with van der Waals surface area (Å²) in [7, 11) is 0. The Balaban J connectivity index is 1.63. The van der Waals surface area contributed by atoms with Crippen LogP contribution in [0.3, 0.4) is 0 Å². The lowest BCUT2D eigenvalue weighted by Crippen LogP contribution is -2.42. The highest BCUT2D eigenvalue weighted by atomic mass is 32.2. The molecule has 2 aromatic rings. The number of amidine groups is 2. The second kappa shape index (κ2) is 9.51. The van der Waals surface area contributed by atoms with Crippen molar-refractivity contribution in [1.82, 2.24) is 4.90 Å². The van der Waals surface area contributed by atoms with Gasteiger partial charge in [0.1, 0.15) is 11.9 Å². The van der Waals surface area contributed by atoms with Gasteiger partial charge in [-0.15, -0.1) is 0 Å². The first-order valence-corrected chi connectivity index (χ1v) is 12.4. The number of nitrogens with one attached hydrogen (secondary N) is 1. The van der Waals surface area contributed by atoms with Crippen LogP contribution in [0.5, 0.6) is 0 Å². The average molecular weight is 463 g/mol. The van der Waals surface area contributed by atoms with Gasteiger partial charge in [-0.25, -0.2) is 9.89 Å². The second-order valence-corrected chi connectivity index (χ2v) is 9.79. The molecule has 33 heavy (non-hydrogen) atoms. The maximum absolute atomic E-state index is 13.3. The number of anilines is 1. The summed E-state index contributed by atoms with van der Waals surface area (Å²) < 4.78 is 0. The molecule has 0 saturated heterocycles. The normalized spacial score (nSPS) is 17.8. The Bertz CT molecular complexity index is 1150. The zero-order valence-electron chi connectivity index (χ0n) is 19.8. The predicted molar refractivity (Wildman–Crippen MR) is 137 cm³/mol. The maximum atomic E-state index is 13.3. The molecule has 0 fully saturated rings. The van der Waals surface area contributed by atoms with Crippen LogP contribution in [0.1, 0.15) is 55.4 Å². The lowest BCUT2D eigenvalue weighted by Gasteiger charge is -2.27. The third kappa shape index (κ3) is 4.47. The first kappa shape index (κ1) is 23.2. The van der Waals surface area contributed by atoms with Gasteiger partial charge in [-0.2, -0.15) is 0 Å². The Kier molecular flexibility index (Phi) is 6.70. The van der Waals surface area contributed by atoms with E-state index in [1.165, 1.54) is 17.3 Å². The quantitative estimate of drug-likeness (QED) is 0.614. The molecule has 0 spiro atoms. The van der Waals surface area contributed by atoms with Crippen molar-refractivity contribution in [2.75, 3.05) is 5.32 Å². The molecule has 0 bridgehead atoms. The summed E-state index contributed by atoms with van der Waals surface area (Å²) in [5, 5.41) is 3.25. The van der Waals surface area contributed by atoms with E-state index in [4.69, 9.17) is 9.98 Å². The molecule has 4 rings (SSSR count). The molecule has 172 valence electrons. The number of hydrogen-bond acceptors (Lipinski definition) is 5. The van der Waals surface area contributed by atoms with E-state index in [0.29, 0.717) is 23.8 Å².